The number of halogens is 1. The number of nitrogens with one attached hydrogen (secondary N) is 3. The Morgan fingerprint density at radius 2 is 1.48 bits per heavy atom. The molecule has 1 unspecified atom stereocenters. The second kappa shape index (κ2) is 29.5. The Morgan fingerprint density at radius 1 is 0.837 bits per heavy atom. The summed E-state index contributed by atoms with van der Waals surface area (Å²) in [6, 6.07) is 27.4. The van der Waals surface area contributed by atoms with Crippen molar-refractivity contribution in [1.29, 1.82) is 5.26 Å². The minimum atomic E-state index is -1.98. The molecule has 5 heterocycles. The highest BCUT2D eigenvalue weighted by molar-refractivity contribution is 7.44. The molecule has 6 aromatic rings. The van der Waals surface area contributed by atoms with Crippen molar-refractivity contribution in [2.24, 2.45) is 11.8 Å². The summed E-state index contributed by atoms with van der Waals surface area (Å²) in [6.45, 7) is 13.1. The number of aromatic nitrogens is 6. The summed E-state index contributed by atoms with van der Waals surface area (Å²) in [4.78, 5) is 83.2. The molecule has 0 saturated carbocycles. The summed E-state index contributed by atoms with van der Waals surface area (Å²) < 4.78 is 74.5. The highest BCUT2D eigenvalue weighted by Gasteiger charge is 2.53. The third-order valence-electron chi connectivity index (χ3n) is 15.3. The number of carbonyl (C=O) groups is 2. The number of nitrogens with zero attached hydrogens (tertiary/aromatic N) is 7. The number of methoxy groups -OCH3 is 3. The number of amides is 2. The van der Waals surface area contributed by atoms with Gasteiger partial charge in [0, 0.05) is 62.8 Å². The van der Waals surface area contributed by atoms with E-state index in [1.165, 1.54) is 34.8 Å². The number of imidazole rings is 1. The molecule has 2 amide bonds. The van der Waals surface area contributed by atoms with Crippen molar-refractivity contribution in [1.82, 2.24) is 38.6 Å². The van der Waals surface area contributed by atoms with Gasteiger partial charge in [0.05, 0.1) is 52.4 Å². The van der Waals surface area contributed by atoms with Crippen molar-refractivity contribution in [3.05, 3.63) is 145 Å². The van der Waals surface area contributed by atoms with E-state index in [9.17, 15) is 24.4 Å². The van der Waals surface area contributed by atoms with Crippen LogP contribution in [0.5, 0.6) is 11.5 Å². The van der Waals surface area contributed by atoms with E-state index in [2.05, 4.69) is 31.3 Å². The minimum Gasteiger partial charge on any atom is -0.497 e. The Kier molecular flexibility index (Phi) is 22.2. The number of hydrogen-bond acceptors (Lipinski definition) is 17. The number of benzene rings is 3. The van der Waals surface area contributed by atoms with Gasteiger partial charge in [0.1, 0.15) is 35.4 Å². The second-order valence-corrected chi connectivity index (χ2v) is 23.4. The summed E-state index contributed by atoms with van der Waals surface area (Å²) in [5, 5.41) is 12.2. The maximum absolute atomic E-state index is 18.4. The number of fused-ring (bicyclic) bond motifs is 1. The monoisotopic (exact) mass is 1210 g/mol. The molecule has 25 heteroatoms. The highest BCUT2D eigenvalue weighted by Crippen LogP contribution is 2.51. The summed E-state index contributed by atoms with van der Waals surface area (Å²) >= 11 is 0. The number of ether oxygens (including phenoxy) is 6. The molecule has 0 bridgehead atoms. The van der Waals surface area contributed by atoms with Crippen LogP contribution in [0.15, 0.2) is 112 Å². The largest absolute Gasteiger partial charge is 0.497 e. The van der Waals surface area contributed by atoms with E-state index >= 15 is 9.18 Å². The Hall–Kier alpha value is -7.20. The van der Waals surface area contributed by atoms with Gasteiger partial charge in [-0.25, -0.2) is 18.8 Å². The molecule has 86 heavy (non-hydrogen) atoms. The molecule has 2 fully saturated rings. The van der Waals surface area contributed by atoms with Crippen LogP contribution in [0.2, 0.25) is 0 Å². The number of unbranched alkanes of at least 4 members (excludes halogenated alkanes) is 2. The van der Waals surface area contributed by atoms with Crippen LogP contribution in [0, 0.1) is 23.2 Å². The minimum absolute atomic E-state index is 0.0438. The van der Waals surface area contributed by atoms with Crippen LogP contribution in [-0.2, 0) is 43.2 Å². The summed E-state index contributed by atoms with van der Waals surface area (Å²) in [5.41, 5.74) is -1.63. The van der Waals surface area contributed by atoms with E-state index in [1.54, 1.807) is 33.0 Å². The first kappa shape index (κ1) is 64.8. The average Bonchev–Trinajstić information content (AvgIpc) is 2.01. The summed E-state index contributed by atoms with van der Waals surface area (Å²) in [7, 11) is 2.63. The number of anilines is 1. The number of carbonyl (C=O) groups excluding carboxylic acids is 2. The molecule has 9 atom stereocenters. The molecule has 0 aliphatic carbocycles. The van der Waals surface area contributed by atoms with E-state index < -0.39 is 104 Å². The SMILES string of the molecule is CCCCCN(C[C@H]1O[C@@H](n2ccc(=O)[nH]c2=O)[C@H](OC)[C@@H]1OP(OCCC#N)N(C(C)C)C(C)C)C(=O)C[C@H]1[C@@H](F)[C@H](n2cnc3c(=O)[nH]c(NC(=O)C(C)C)nc32)O[C@@H]1COC(c1ccccc1)(c1ccc(OC)cc1)c1ccc(OC)cc1. The van der Waals surface area contributed by atoms with E-state index in [4.69, 9.17) is 37.5 Å². The summed E-state index contributed by atoms with van der Waals surface area (Å²) in [5.74, 6) is -1.61. The van der Waals surface area contributed by atoms with Crippen LogP contribution < -0.4 is 31.6 Å². The molecule has 2 saturated heterocycles. The van der Waals surface area contributed by atoms with Crippen molar-refractivity contribution in [3.8, 4) is 17.6 Å². The van der Waals surface area contributed by atoms with Crippen molar-refractivity contribution < 1.29 is 51.4 Å². The molecule has 3 N–H and O–H groups in total. The van der Waals surface area contributed by atoms with Gasteiger partial charge >= 0.3 is 5.69 Å². The average molecular weight is 1210 g/mol. The fourth-order valence-corrected chi connectivity index (χ4v) is 12.8. The number of aromatic amines is 2. The third-order valence-corrected chi connectivity index (χ3v) is 17.5. The van der Waals surface area contributed by atoms with Gasteiger partial charge in [-0.05, 0) is 75.1 Å². The Labute approximate surface area is 500 Å². The molecule has 462 valence electrons. The number of rotatable bonds is 29. The second-order valence-electron chi connectivity index (χ2n) is 22.0. The van der Waals surface area contributed by atoms with Gasteiger partial charge < -0.3 is 42.4 Å². The van der Waals surface area contributed by atoms with Crippen LogP contribution in [0.1, 0.15) is 110 Å². The fraction of sp³-hybridized carbons (Fsp3) is 0.508. The lowest BCUT2D eigenvalue weighted by atomic mass is 9.80. The van der Waals surface area contributed by atoms with Crippen LogP contribution in [0.4, 0.5) is 10.3 Å². The Balaban J connectivity index is 1.22. The zero-order chi connectivity index (χ0) is 61.8. The van der Waals surface area contributed by atoms with Gasteiger partial charge in [0.2, 0.25) is 17.8 Å². The standard InChI is InChI=1S/C61H78FN10O13P/c1-11-12-16-30-69(34-46-52(85-86(82-32-17-29-63)72(38(4)5)39(6)7)53(80-10)58(83-46)70-31-28-48(73)65-60(70)77)49(74)33-45-47(84-57(50(45)62)71-36-64-51-54(71)66-59(68-56(51)76)67-55(75)37(2)3)35-81-61(40-18-14-13-15-19-40,41-20-24-43(78-8)25-21-41)42-22-26-44(79-9)27-23-42/h13-15,18-28,31,36-39,45-47,50,52-53,57-58H,11-12,16-17,30,32-35H2,1-10H3,(H,65,73,77)(H2,66,67,68,75,76)/t45-,46-,47-,50-,52-,53-,57-,58-,86?/m1/s1. The van der Waals surface area contributed by atoms with Gasteiger partial charge in [-0.1, -0.05) is 88.2 Å². The number of hydrogen-bond donors (Lipinski definition) is 3. The zero-order valence-electron chi connectivity index (χ0n) is 50.2. The molecule has 3 aromatic carbocycles. The van der Waals surface area contributed by atoms with E-state index in [-0.39, 0.29) is 61.9 Å². The van der Waals surface area contributed by atoms with Crippen molar-refractivity contribution >= 4 is 37.5 Å². The van der Waals surface area contributed by atoms with Gasteiger partial charge in [-0.2, -0.15) is 10.2 Å². The maximum Gasteiger partial charge on any atom is 0.330 e. The molecule has 0 radical (unpaired) electrons. The van der Waals surface area contributed by atoms with Gasteiger partial charge in [-0.15, -0.1) is 0 Å². The maximum atomic E-state index is 18.4. The smallest absolute Gasteiger partial charge is 0.330 e. The molecule has 3 aromatic heterocycles. The zero-order valence-corrected chi connectivity index (χ0v) is 51.1. The molecule has 2 aliphatic rings. The van der Waals surface area contributed by atoms with E-state index in [0.29, 0.717) is 34.6 Å². The number of H-pyrrole nitrogens is 2. The van der Waals surface area contributed by atoms with Crippen LogP contribution in [0.3, 0.4) is 0 Å². The Bertz CT molecular complexity index is 3370. The predicted octanol–water partition coefficient (Wildman–Crippen LogP) is 8.12. The quantitative estimate of drug-likeness (QED) is 0.0227. The van der Waals surface area contributed by atoms with Gasteiger partial charge in [-0.3, -0.25) is 43.6 Å². The lowest BCUT2D eigenvalue weighted by molar-refractivity contribution is -0.137. The van der Waals surface area contributed by atoms with Crippen LogP contribution >= 0.6 is 8.53 Å². The molecular formula is C61H78FN10O13P. The first-order chi connectivity index (χ1) is 41.4. The van der Waals surface area contributed by atoms with Crippen LogP contribution in [-0.4, -0.2) is 141 Å². The first-order valence-corrected chi connectivity index (χ1v) is 30.1. The molecule has 0 spiro atoms. The molecule has 2 aliphatic heterocycles. The molecule has 8 rings (SSSR count). The summed E-state index contributed by atoms with van der Waals surface area (Å²) in [6.07, 6.45) is -4.69. The van der Waals surface area contributed by atoms with Gasteiger partial charge in [0.15, 0.2) is 29.8 Å². The highest BCUT2D eigenvalue weighted by atomic mass is 31.2. The van der Waals surface area contributed by atoms with E-state index in [0.717, 1.165) is 12.8 Å². The lowest BCUT2D eigenvalue weighted by Gasteiger charge is -2.38. The van der Waals surface area contributed by atoms with Crippen molar-refractivity contribution in [2.75, 3.05) is 52.9 Å². The van der Waals surface area contributed by atoms with Crippen molar-refractivity contribution in [2.45, 2.75) is 141 Å². The molecule has 23 nitrogen and oxygen atoms in total. The van der Waals surface area contributed by atoms with Crippen molar-refractivity contribution in [3.63, 3.8) is 0 Å². The fourth-order valence-electron chi connectivity index (χ4n) is 11.0. The Morgan fingerprint density at radius 3 is 2.06 bits per heavy atom. The number of nitriles is 1. The predicted molar refractivity (Wildman–Crippen MR) is 319 cm³/mol. The van der Waals surface area contributed by atoms with Gasteiger partial charge in [0.25, 0.3) is 19.6 Å². The normalized spacial score (nSPS) is 20.9. The van der Waals surface area contributed by atoms with Crippen LogP contribution in [0.25, 0.3) is 11.2 Å². The molecular weight excluding hydrogens is 1130 g/mol. The van der Waals surface area contributed by atoms with E-state index in [1.807, 2.05) is 118 Å². The topological polar surface area (TPSA) is 269 Å². The first-order valence-electron chi connectivity index (χ1n) is 29.0. The number of alkyl halides is 1. The third kappa shape index (κ3) is 14.4. The lowest BCUT2D eigenvalue weighted by Crippen LogP contribution is -2.46.